The molecule has 0 amide bonds. The van der Waals surface area contributed by atoms with Crippen molar-refractivity contribution in [2.75, 3.05) is 13.7 Å². The van der Waals surface area contributed by atoms with Crippen LogP contribution in [0.4, 0.5) is 8.78 Å². The van der Waals surface area contributed by atoms with E-state index in [0.29, 0.717) is 18.6 Å². The maximum absolute atomic E-state index is 13.1. The summed E-state index contributed by atoms with van der Waals surface area (Å²) < 4.78 is 30.9. The zero-order valence-corrected chi connectivity index (χ0v) is 9.99. The summed E-state index contributed by atoms with van der Waals surface area (Å²) in [7, 11) is 1.65. The monoisotopic (exact) mass is 248 g/mol. The highest BCUT2D eigenvalue weighted by Crippen LogP contribution is 2.23. The van der Waals surface area contributed by atoms with Gasteiger partial charge in [-0.1, -0.05) is 18.0 Å². The molecule has 90 valence electrons. The van der Waals surface area contributed by atoms with Gasteiger partial charge in [-0.15, -0.1) is 0 Å². The minimum Gasteiger partial charge on any atom is -0.385 e. The maximum Gasteiger partial charge on any atom is 0.144 e. The van der Waals surface area contributed by atoms with Gasteiger partial charge in [-0.25, -0.2) is 8.78 Å². The van der Waals surface area contributed by atoms with Crippen LogP contribution >= 0.6 is 11.6 Å². The van der Waals surface area contributed by atoms with E-state index in [2.05, 4.69) is 0 Å². The standard InChI is InChI=1S/C12H15ClF2O/c1-16-6-4-2-3-5-9-7-10(14)8-11(15)12(9)13/h7-8H,2-6H2,1H3. The van der Waals surface area contributed by atoms with Gasteiger partial charge in [0, 0.05) is 19.8 Å². The van der Waals surface area contributed by atoms with Gasteiger partial charge >= 0.3 is 0 Å². The van der Waals surface area contributed by atoms with Gasteiger partial charge in [-0.2, -0.15) is 0 Å². The Labute approximate surface area is 99.4 Å². The molecule has 0 fully saturated rings. The lowest BCUT2D eigenvalue weighted by Gasteiger charge is -2.05. The number of aryl methyl sites for hydroxylation is 1. The summed E-state index contributed by atoms with van der Waals surface area (Å²) >= 11 is 5.74. The van der Waals surface area contributed by atoms with Crippen LogP contribution in [-0.2, 0) is 11.2 Å². The van der Waals surface area contributed by atoms with Gasteiger partial charge in [0.05, 0.1) is 5.02 Å². The predicted molar refractivity (Wildman–Crippen MR) is 60.8 cm³/mol. The fourth-order valence-electron chi connectivity index (χ4n) is 1.53. The molecule has 0 bridgehead atoms. The van der Waals surface area contributed by atoms with Crippen LogP contribution in [0.15, 0.2) is 12.1 Å². The van der Waals surface area contributed by atoms with Crippen molar-refractivity contribution in [3.8, 4) is 0 Å². The topological polar surface area (TPSA) is 9.23 Å². The van der Waals surface area contributed by atoms with Gasteiger partial charge in [0.15, 0.2) is 0 Å². The van der Waals surface area contributed by atoms with Gasteiger partial charge < -0.3 is 4.74 Å². The van der Waals surface area contributed by atoms with Crippen molar-refractivity contribution in [3.05, 3.63) is 34.4 Å². The molecule has 0 aromatic heterocycles. The lowest BCUT2D eigenvalue weighted by atomic mass is 10.1. The lowest BCUT2D eigenvalue weighted by Crippen LogP contribution is -1.94. The highest BCUT2D eigenvalue weighted by Gasteiger charge is 2.08. The van der Waals surface area contributed by atoms with Crippen molar-refractivity contribution in [2.45, 2.75) is 25.7 Å². The smallest absolute Gasteiger partial charge is 0.144 e. The molecule has 1 aromatic rings. The number of unbranched alkanes of at least 4 members (excludes halogenated alkanes) is 2. The number of ether oxygens (including phenoxy) is 1. The quantitative estimate of drug-likeness (QED) is 0.547. The summed E-state index contributed by atoms with van der Waals surface area (Å²) in [5.41, 5.74) is 0.539. The first-order valence-electron chi connectivity index (χ1n) is 5.27. The van der Waals surface area contributed by atoms with Gasteiger partial charge in [0.2, 0.25) is 0 Å². The molecule has 0 unspecified atom stereocenters. The number of hydrogen-bond acceptors (Lipinski definition) is 1. The third-order valence-electron chi connectivity index (χ3n) is 2.36. The SMILES string of the molecule is COCCCCCc1cc(F)cc(F)c1Cl. The van der Waals surface area contributed by atoms with Crippen molar-refractivity contribution in [2.24, 2.45) is 0 Å². The summed E-state index contributed by atoms with van der Waals surface area (Å²) in [6.07, 6.45) is 3.36. The highest BCUT2D eigenvalue weighted by atomic mass is 35.5. The second kappa shape index (κ2) is 6.81. The van der Waals surface area contributed by atoms with Gasteiger partial charge in [0.25, 0.3) is 0 Å². The van der Waals surface area contributed by atoms with Crippen molar-refractivity contribution < 1.29 is 13.5 Å². The molecule has 0 saturated heterocycles. The molecule has 0 radical (unpaired) electrons. The molecule has 0 aliphatic heterocycles. The van der Waals surface area contributed by atoms with E-state index in [-0.39, 0.29) is 5.02 Å². The number of methoxy groups -OCH3 is 1. The van der Waals surface area contributed by atoms with E-state index in [1.165, 1.54) is 6.07 Å². The van der Waals surface area contributed by atoms with Crippen LogP contribution < -0.4 is 0 Å². The van der Waals surface area contributed by atoms with E-state index in [4.69, 9.17) is 16.3 Å². The van der Waals surface area contributed by atoms with E-state index >= 15 is 0 Å². The van der Waals surface area contributed by atoms with Crippen LogP contribution in [0.1, 0.15) is 24.8 Å². The van der Waals surface area contributed by atoms with Crippen LogP contribution in [0.25, 0.3) is 0 Å². The second-order valence-electron chi connectivity index (χ2n) is 3.66. The Morgan fingerprint density at radius 1 is 1.19 bits per heavy atom. The van der Waals surface area contributed by atoms with E-state index in [1.807, 2.05) is 0 Å². The third-order valence-corrected chi connectivity index (χ3v) is 2.79. The van der Waals surface area contributed by atoms with Crippen molar-refractivity contribution in [1.29, 1.82) is 0 Å². The summed E-state index contributed by atoms with van der Waals surface area (Å²) in [6.45, 7) is 0.714. The first-order chi connectivity index (χ1) is 7.65. The molecule has 0 saturated carbocycles. The van der Waals surface area contributed by atoms with E-state index < -0.39 is 11.6 Å². The molecule has 0 atom stereocenters. The van der Waals surface area contributed by atoms with Crippen LogP contribution in [-0.4, -0.2) is 13.7 Å². The fraction of sp³-hybridized carbons (Fsp3) is 0.500. The number of hydrogen-bond donors (Lipinski definition) is 0. The van der Waals surface area contributed by atoms with Crippen LogP contribution in [0, 0.1) is 11.6 Å². The van der Waals surface area contributed by atoms with Crippen LogP contribution in [0.3, 0.4) is 0 Å². The second-order valence-corrected chi connectivity index (χ2v) is 4.04. The summed E-state index contributed by atoms with van der Waals surface area (Å²) in [6, 6.07) is 2.10. The van der Waals surface area contributed by atoms with Crippen molar-refractivity contribution in [1.82, 2.24) is 0 Å². The van der Waals surface area contributed by atoms with Gasteiger partial charge in [0.1, 0.15) is 11.6 Å². The fourth-order valence-corrected chi connectivity index (χ4v) is 1.73. The molecule has 1 nitrogen and oxygen atoms in total. The van der Waals surface area contributed by atoms with Gasteiger partial charge in [-0.3, -0.25) is 0 Å². The lowest BCUT2D eigenvalue weighted by molar-refractivity contribution is 0.192. The highest BCUT2D eigenvalue weighted by molar-refractivity contribution is 6.31. The Morgan fingerprint density at radius 2 is 1.94 bits per heavy atom. The Kier molecular flexibility index (Phi) is 5.71. The summed E-state index contributed by atoms with van der Waals surface area (Å²) in [5.74, 6) is -1.26. The summed E-state index contributed by atoms with van der Waals surface area (Å²) in [4.78, 5) is 0. The molecule has 0 spiro atoms. The van der Waals surface area contributed by atoms with Crippen LogP contribution in [0.2, 0.25) is 5.02 Å². The van der Waals surface area contributed by atoms with Gasteiger partial charge in [-0.05, 0) is 30.9 Å². The zero-order valence-electron chi connectivity index (χ0n) is 9.23. The normalized spacial score (nSPS) is 10.8. The third kappa shape index (κ3) is 4.06. The Morgan fingerprint density at radius 3 is 2.62 bits per heavy atom. The molecule has 0 aliphatic rings. The summed E-state index contributed by atoms with van der Waals surface area (Å²) in [5, 5.41) is 0.0353. The molecule has 1 rings (SSSR count). The van der Waals surface area contributed by atoms with Crippen molar-refractivity contribution >= 4 is 11.6 Å². The Balaban J connectivity index is 2.47. The molecular formula is C12H15ClF2O. The number of benzene rings is 1. The largest absolute Gasteiger partial charge is 0.385 e. The number of halogens is 3. The Hall–Kier alpha value is -0.670. The minimum atomic E-state index is -0.687. The minimum absolute atomic E-state index is 0.0353. The molecule has 16 heavy (non-hydrogen) atoms. The number of rotatable bonds is 6. The average molecular weight is 249 g/mol. The Bertz CT molecular complexity index is 342. The molecule has 0 heterocycles. The predicted octanol–water partition coefficient (Wildman–Crippen LogP) is 3.98. The maximum atomic E-state index is 13.1. The molecular weight excluding hydrogens is 234 g/mol. The van der Waals surface area contributed by atoms with E-state index in [1.54, 1.807) is 7.11 Å². The van der Waals surface area contributed by atoms with Crippen LogP contribution in [0.5, 0.6) is 0 Å². The molecule has 0 aliphatic carbocycles. The first-order valence-corrected chi connectivity index (χ1v) is 5.65. The molecule has 1 aromatic carbocycles. The first kappa shape index (κ1) is 13.4. The zero-order chi connectivity index (χ0) is 12.0. The van der Waals surface area contributed by atoms with Crippen molar-refractivity contribution in [3.63, 3.8) is 0 Å². The molecule has 4 heteroatoms. The van der Waals surface area contributed by atoms with E-state index in [0.717, 1.165) is 25.3 Å². The molecule has 0 N–H and O–H groups in total. The average Bonchev–Trinajstić information content (AvgIpc) is 2.24. The van der Waals surface area contributed by atoms with E-state index in [9.17, 15) is 8.78 Å².